The Balaban J connectivity index is 1.58. The topological polar surface area (TPSA) is 105 Å². The quantitative estimate of drug-likeness (QED) is 0.713. The van der Waals surface area contributed by atoms with E-state index in [1.807, 2.05) is 13.0 Å². The van der Waals surface area contributed by atoms with Crippen LogP contribution >= 0.6 is 0 Å². The van der Waals surface area contributed by atoms with E-state index >= 15 is 0 Å². The van der Waals surface area contributed by atoms with E-state index < -0.39 is 9.84 Å². The number of piperazine rings is 1. The lowest BCUT2D eigenvalue weighted by atomic mass is 10.2. The standard InChI is InChI=1S/C17H26N6O3S/c1-12(2)17-18-13(3)9-15(20-17)23-7-5-22(6-8-23)10-16-19-14(21-26-16)11-27(4,24)25/h9,12H,5-8,10-11H2,1-4H3. The molecular weight excluding hydrogens is 368 g/mol. The van der Waals surface area contributed by atoms with Crippen LogP contribution < -0.4 is 4.90 Å². The van der Waals surface area contributed by atoms with E-state index in [0.29, 0.717) is 18.4 Å². The first-order chi connectivity index (χ1) is 12.7. The highest BCUT2D eigenvalue weighted by Gasteiger charge is 2.21. The number of rotatable bonds is 6. The van der Waals surface area contributed by atoms with Gasteiger partial charge in [-0.15, -0.1) is 0 Å². The fourth-order valence-corrected chi connectivity index (χ4v) is 3.55. The first-order valence-corrected chi connectivity index (χ1v) is 11.1. The summed E-state index contributed by atoms with van der Waals surface area (Å²) in [4.78, 5) is 17.9. The van der Waals surface area contributed by atoms with Crippen LogP contribution in [0.5, 0.6) is 0 Å². The summed E-state index contributed by atoms with van der Waals surface area (Å²) in [7, 11) is -3.17. The van der Waals surface area contributed by atoms with E-state index in [-0.39, 0.29) is 11.6 Å². The number of hydrogen-bond donors (Lipinski definition) is 0. The van der Waals surface area contributed by atoms with E-state index in [1.165, 1.54) is 0 Å². The molecule has 2 aromatic rings. The monoisotopic (exact) mass is 394 g/mol. The Labute approximate surface area is 159 Å². The van der Waals surface area contributed by atoms with Gasteiger partial charge >= 0.3 is 0 Å². The van der Waals surface area contributed by atoms with Gasteiger partial charge in [-0.3, -0.25) is 4.90 Å². The maximum absolute atomic E-state index is 11.3. The molecule has 3 heterocycles. The maximum Gasteiger partial charge on any atom is 0.240 e. The molecule has 1 aliphatic rings. The minimum atomic E-state index is -3.17. The Morgan fingerprint density at radius 3 is 2.48 bits per heavy atom. The van der Waals surface area contributed by atoms with E-state index in [1.54, 1.807) is 0 Å². The number of aryl methyl sites for hydroxylation is 1. The van der Waals surface area contributed by atoms with Crippen molar-refractivity contribution in [2.24, 2.45) is 0 Å². The van der Waals surface area contributed by atoms with Gasteiger partial charge in [0.25, 0.3) is 0 Å². The number of aromatic nitrogens is 4. The molecule has 0 aromatic carbocycles. The van der Waals surface area contributed by atoms with Crippen molar-refractivity contribution in [3.05, 3.63) is 29.3 Å². The van der Waals surface area contributed by atoms with Crippen LogP contribution in [0.3, 0.4) is 0 Å². The van der Waals surface area contributed by atoms with Crippen LogP contribution in [0.2, 0.25) is 0 Å². The van der Waals surface area contributed by atoms with Crippen LogP contribution in [0.1, 0.15) is 43.0 Å². The van der Waals surface area contributed by atoms with Gasteiger partial charge in [0.2, 0.25) is 5.89 Å². The van der Waals surface area contributed by atoms with Crippen LogP contribution in [0, 0.1) is 6.92 Å². The molecule has 3 rings (SSSR count). The molecule has 148 valence electrons. The van der Waals surface area contributed by atoms with Crippen molar-refractivity contribution in [3.8, 4) is 0 Å². The van der Waals surface area contributed by atoms with Gasteiger partial charge < -0.3 is 9.42 Å². The fourth-order valence-electron chi connectivity index (χ4n) is 2.97. The van der Waals surface area contributed by atoms with Crippen molar-refractivity contribution in [2.45, 2.75) is 39.0 Å². The lowest BCUT2D eigenvalue weighted by molar-refractivity contribution is 0.215. The normalized spacial score (nSPS) is 16.3. The van der Waals surface area contributed by atoms with Gasteiger partial charge in [0.15, 0.2) is 15.7 Å². The Morgan fingerprint density at radius 1 is 1.15 bits per heavy atom. The molecule has 0 amide bonds. The summed E-state index contributed by atoms with van der Waals surface area (Å²) in [5.74, 6) is 2.60. The van der Waals surface area contributed by atoms with E-state index in [0.717, 1.165) is 49.8 Å². The molecule has 0 bridgehead atoms. The minimum Gasteiger partial charge on any atom is -0.354 e. The third-order valence-corrected chi connectivity index (χ3v) is 5.11. The van der Waals surface area contributed by atoms with Crippen molar-refractivity contribution in [1.29, 1.82) is 0 Å². The summed E-state index contributed by atoms with van der Waals surface area (Å²) in [5, 5.41) is 3.75. The molecule has 0 spiro atoms. The van der Waals surface area contributed by atoms with Crippen molar-refractivity contribution in [1.82, 2.24) is 25.0 Å². The fraction of sp³-hybridized carbons (Fsp3) is 0.647. The van der Waals surface area contributed by atoms with Crippen molar-refractivity contribution >= 4 is 15.7 Å². The molecule has 0 radical (unpaired) electrons. The van der Waals surface area contributed by atoms with Crippen LogP contribution in [0.4, 0.5) is 5.82 Å². The zero-order valence-electron chi connectivity index (χ0n) is 16.2. The molecule has 9 nitrogen and oxygen atoms in total. The van der Waals surface area contributed by atoms with Gasteiger partial charge in [0.05, 0.1) is 6.54 Å². The predicted octanol–water partition coefficient (Wildman–Crippen LogP) is 1.16. The molecule has 10 heteroatoms. The van der Waals surface area contributed by atoms with Gasteiger partial charge in [-0.05, 0) is 6.92 Å². The van der Waals surface area contributed by atoms with Crippen molar-refractivity contribution < 1.29 is 12.9 Å². The second-order valence-corrected chi connectivity index (χ2v) is 9.46. The predicted molar refractivity (Wildman–Crippen MR) is 101 cm³/mol. The van der Waals surface area contributed by atoms with Crippen LogP contribution in [0.25, 0.3) is 0 Å². The largest absolute Gasteiger partial charge is 0.354 e. The highest BCUT2D eigenvalue weighted by atomic mass is 32.2. The molecule has 0 aliphatic carbocycles. The summed E-state index contributed by atoms with van der Waals surface area (Å²) in [6, 6.07) is 2.02. The summed E-state index contributed by atoms with van der Waals surface area (Å²) < 4.78 is 27.8. The first kappa shape index (κ1) is 19.7. The summed E-state index contributed by atoms with van der Waals surface area (Å²) in [6.07, 6.45) is 1.15. The Morgan fingerprint density at radius 2 is 1.85 bits per heavy atom. The molecule has 1 saturated heterocycles. The smallest absolute Gasteiger partial charge is 0.240 e. The SMILES string of the molecule is Cc1cc(N2CCN(Cc3nc(CS(C)(=O)=O)no3)CC2)nc(C(C)C)n1. The number of nitrogens with zero attached hydrogens (tertiary/aromatic N) is 6. The van der Waals surface area contributed by atoms with Gasteiger partial charge in [-0.1, -0.05) is 19.0 Å². The number of anilines is 1. The summed E-state index contributed by atoms with van der Waals surface area (Å²) in [5.41, 5.74) is 0.982. The zero-order chi connectivity index (χ0) is 19.6. The molecule has 0 saturated carbocycles. The molecule has 0 unspecified atom stereocenters. The Bertz CT molecular complexity index is 888. The Hall–Kier alpha value is -2.07. The lowest BCUT2D eigenvalue weighted by Gasteiger charge is -2.34. The van der Waals surface area contributed by atoms with Gasteiger partial charge in [-0.2, -0.15) is 4.98 Å². The summed E-state index contributed by atoms with van der Waals surface area (Å²) >= 11 is 0. The first-order valence-electron chi connectivity index (χ1n) is 9.01. The average molecular weight is 395 g/mol. The third kappa shape index (κ3) is 5.46. The van der Waals surface area contributed by atoms with Crippen LogP contribution in [0.15, 0.2) is 10.6 Å². The molecule has 1 aliphatic heterocycles. The highest BCUT2D eigenvalue weighted by Crippen LogP contribution is 2.19. The number of hydrogen-bond acceptors (Lipinski definition) is 9. The van der Waals surface area contributed by atoms with E-state index in [9.17, 15) is 8.42 Å². The Kier molecular flexibility index (Phi) is 5.75. The van der Waals surface area contributed by atoms with E-state index in [4.69, 9.17) is 9.51 Å². The molecular formula is C17H26N6O3S. The molecule has 0 N–H and O–H groups in total. The highest BCUT2D eigenvalue weighted by molar-refractivity contribution is 7.89. The van der Waals surface area contributed by atoms with Gasteiger partial charge in [-0.25, -0.2) is 18.4 Å². The lowest BCUT2D eigenvalue weighted by Crippen LogP contribution is -2.46. The molecule has 0 atom stereocenters. The van der Waals surface area contributed by atoms with Crippen LogP contribution in [-0.4, -0.2) is 65.9 Å². The van der Waals surface area contributed by atoms with Crippen molar-refractivity contribution in [3.63, 3.8) is 0 Å². The van der Waals surface area contributed by atoms with Gasteiger partial charge in [0.1, 0.15) is 17.4 Å². The van der Waals surface area contributed by atoms with Crippen LogP contribution in [-0.2, 0) is 22.1 Å². The van der Waals surface area contributed by atoms with Crippen molar-refractivity contribution in [2.75, 3.05) is 37.3 Å². The second kappa shape index (κ2) is 7.89. The molecule has 1 fully saturated rings. The molecule has 2 aromatic heterocycles. The average Bonchev–Trinajstić information content (AvgIpc) is 2.99. The van der Waals surface area contributed by atoms with Gasteiger partial charge in [0, 0.05) is 50.1 Å². The number of sulfone groups is 1. The maximum atomic E-state index is 11.3. The van der Waals surface area contributed by atoms with E-state index in [2.05, 4.69) is 38.8 Å². The summed E-state index contributed by atoms with van der Waals surface area (Å²) in [6.45, 7) is 10.1. The second-order valence-electron chi connectivity index (χ2n) is 7.32. The third-order valence-electron chi connectivity index (χ3n) is 4.33. The molecule has 27 heavy (non-hydrogen) atoms. The zero-order valence-corrected chi connectivity index (χ0v) is 17.0. The minimum absolute atomic E-state index is 0.199.